The molecular formula is C12H17N5O2S. The van der Waals surface area contributed by atoms with Crippen LogP contribution in [0.3, 0.4) is 0 Å². The van der Waals surface area contributed by atoms with Gasteiger partial charge in [-0.15, -0.1) is 11.3 Å². The molecule has 0 spiro atoms. The maximum Gasteiger partial charge on any atom is 0.325 e. The molecule has 20 heavy (non-hydrogen) atoms. The third kappa shape index (κ3) is 4.04. The predicted molar refractivity (Wildman–Crippen MR) is 78.1 cm³/mol. The molecule has 2 aromatic rings. The molecule has 0 aliphatic heterocycles. The number of aromatic nitrogens is 3. The lowest BCUT2D eigenvalue weighted by Crippen LogP contribution is -2.18. The molecule has 0 aliphatic rings. The summed E-state index contributed by atoms with van der Waals surface area (Å²) in [5, 5.41) is 18.7. The van der Waals surface area contributed by atoms with Gasteiger partial charge in [0, 0.05) is 17.3 Å². The summed E-state index contributed by atoms with van der Waals surface area (Å²) in [5.41, 5.74) is 0.571. The van der Waals surface area contributed by atoms with E-state index in [4.69, 9.17) is 5.11 Å². The molecule has 0 saturated carbocycles. The Bertz CT molecular complexity index is 517. The number of aliphatic hydroxyl groups is 1. The van der Waals surface area contributed by atoms with Crippen molar-refractivity contribution in [3.05, 3.63) is 23.5 Å². The molecule has 2 amide bonds. The lowest BCUT2D eigenvalue weighted by molar-refractivity contribution is 0.262. The Morgan fingerprint density at radius 1 is 1.45 bits per heavy atom. The molecule has 0 aromatic carbocycles. The van der Waals surface area contributed by atoms with Crippen molar-refractivity contribution < 1.29 is 9.90 Å². The van der Waals surface area contributed by atoms with Gasteiger partial charge in [-0.2, -0.15) is 5.10 Å². The second kappa shape index (κ2) is 7.01. The van der Waals surface area contributed by atoms with Crippen LogP contribution < -0.4 is 10.6 Å². The van der Waals surface area contributed by atoms with E-state index in [0.717, 1.165) is 17.7 Å². The number of anilines is 2. The number of rotatable bonds is 6. The SMILES string of the molecule is CCCc1cnc(NC(=O)Nc2cnn(CCO)c2)s1. The molecular weight excluding hydrogens is 278 g/mol. The Labute approximate surface area is 120 Å². The van der Waals surface area contributed by atoms with E-state index >= 15 is 0 Å². The predicted octanol–water partition coefficient (Wildman–Crippen LogP) is 1.93. The van der Waals surface area contributed by atoms with Gasteiger partial charge in [-0.3, -0.25) is 10.00 Å². The van der Waals surface area contributed by atoms with Gasteiger partial charge in [0.2, 0.25) is 0 Å². The fraction of sp³-hybridized carbons (Fsp3) is 0.417. The first-order chi connectivity index (χ1) is 9.71. The number of thiazole rings is 1. The summed E-state index contributed by atoms with van der Waals surface area (Å²) in [6, 6.07) is -0.356. The highest BCUT2D eigenvalue weighted by molar-refractivity contribution is 7.15. The van der Waals surface area contributed by atoms with E-state index in [1.54, 1.807) is 17.1 Å². The first-order valence-corrected chi connectivity index (χ1v) is 7.19. The van der Waals surface area contributed by atoms with Crippen molar-refractivity contribution in [2.24, 2.45) is 0 Å². The zero-order valence-electron chi connectivity index (χ0n) is 11.2. The number of nitrogens with one attached hydrogen (secondary N) is 2. The van der Waals surface area contributed by atoms with Crippen LogP contribution in [-0.4, -0.2) is 32.5 Å². The largest absolute Gasteiger partial charge is 0.394 e. The molecule has 2 rings (SSSR count). The summed E-state index contributed by atoms with van der Waals surface area (Å²) >= 11 is 1.47. The Balaban J connectivity index is 1.87. The van der Waals surface area contributed by atoms with Crippen LogP contribution in [0.1, 0.15) is 18.2 Å². The van der Waals surface area contributed by atoms with Gasteiger partial charge in [0.15, 0.2) is 5.13 Å². The van der Waals surface area contributed by atoms with Crippen LogP contribution in [0.15, 0.2) is 18.6 Å². The molecule has 8 heteroatoms. The number of aryl methyl sites for hydroxylation is 1. The number of amides is 2. The number of carbonyl (C=O) groups is 1. The van der Waals surface area contributed by atoms with Gasteiger partial charge in [-0.25, -0.2) is 9.78 Å². The van der Waals surface area contributed by atoms with Crippen LogP contribution in [-0.2, 0) is 13.0 Å². The Kier molecular flexibility index (Phi) is 5.08. The second-order valence-corrected chi connectivity index (χ2v) is 5.29. The van der Waals surface area contributed by atoms with Gasteiger partial charge in [-0.1, -0.05) is 13.3 Å². The zero-order valence-corrected chi connectivity index (χ0v) is 12.0. The van der Waals surface area contributed by atoms with Crippen molar-refractivity contribution in [3.63, 3.8) is 0 Å². The highest BCUT2D eigenvalue weighted by atomic mass is 32.1. The Morgan fingerprint density at radius 2 is 2.30 bits per heavy atom. The van der Waals surface area contributed by atoms with Gasteiger partial charge in [0.25, 0.3) is 0 Å². The van der Waals surface area contributed by atoms with Gasteiger partial charge in [0.1, 0.15) is 0 Å². The molecule has 0 fully saturated rings. The monoisotopic (exact) mass is 295 g/mol. The molecule has 0 unspecified atom stereocenters. The molecule has 7 nitrogen and oxygen atoms in total. The first-order valence-electron chi connectivity index (χ1n) is 6.37. The zero-order chi connectivity index (χ0) is 14.4. The minimum absolute atomic E-state index is 0.00658. The van der Waals surface area contributed by atoms with E-state index in [9.17, 15) is 4.79 Å². The lowest BCUT2D eigenvalue weighted by atomic mass is 10.3. The molecule has 2 heterocycles. The van der Waals surface area contributed by atoms with Gasteiger partial charge >= 0.3 is 6.03 Å². The third-order valence-corrected chi connectivity index (χ3v) is 3.46. The molecule has 0 atom stereocenters. The van der Waals surface area contributed by atoms with Crippen molar-refractivity contribution in [1.82, 2.24) is 14.8 Å². The lowest BCUT2D eigenvalue weighted by Gasteiger charge is -2.02. The molecule has 0 radical (unpaired) electrons. The van der Waals surface area contributed by atoms with E-state index in [-0.39, 0.29) is 12.6 Å². The standard InChI is InChI=1S/C12H17N5O2S/c1-2-3-10-7-13-12(20-10)16-11(19)15-9-6-14-17(8-9)4-5-18/h6-8,18H,2-5H2,1H3,(H2,13,15,16,19). The summed E-state index contributed by atoms with van der Waals surface area (Å²) in [6.07, 6.45) is 6.98. The normalized spacial score (nSPS) is 10.5. The third-order valence-electron chi connectivity index (χ3n) is 2.49. The van der Waals surface area contributed by atoms with Crippen molar-refractivity contribution in [2.45, 2.75) is 26.3 Å². The van der Waals surface area contributed by atoms with Crippen molar-refractivity contribution >= 4 is 28.2 Å². The molecule has 108 valence electrons. The number of aliphatic hydroxyl groups excluding tert-OH is 1. The minimum atomic E-state index is -0.356. The Hall–Kier alpha value is -1.93. The average molecular weight is 295 g/mol. The fourth-order valence-electron chi connectivity index (χ4n) is 1.64. The molecule has 3 N–H and O–H groups in total. The molecule has 2 aromatic heterocycles. The second-order valence-electron chi connectivity index (χ2n) is 4.18. The number of carbonyl (C=O) groups excluding carboxylic acids is 1. The first kappa shape index (κ1) is 14.5. The van der Waals surface area contributed by atoms with E-state index in [0.29, 0.717) is 17.4 Å². The van der Waals surface area contributed by atoms with Gasteiger partial charge < -0.3 is 10.4 Å². The maximum atomic E-state index is 11.8. The number of hydrogen-bond acceptors (Lipinski definition) is 5. The van der Waals surface area contributed by atoms with Crippen LogP contribution in [0.5, 0.6) is 0 Å². The smallest absolute Gasteiger partial charge is 0.325 e. The van der Waals surface area contributed by atoms with Crippen molar-refractivity contribution in [2.75, 3.05) is 17.2 Å². The van der Waals surface area contributed by atoms with E-state index < -0.39 is 0 Å². The maximum absolute atomic E-state index is 11.8. The number of hydrogen-bond donors (Lipinski definition) is 3. The van der Waals surface area contributed by atoms with E-state index in [1.807, 2.05) is 0 Å². The number of urea groups is 1. The van der Waals surface area contributed by atoms with Crippen molar-refractivity contribution in [1.29, 1.82) is 0 Å². The summed E-state index contributed by atoms with van der Waals surface area (Å²) in [6.45, 7) is 2.51. The van der Waals surface area contributed by atoms with E-state index in [1.165, 1.54) is 17.5 Å². The van der Waals surface area contributed by atoms with Crippen LogP contribution in [0.4, 0.5) is 15.6 Å². The van der Waals surface area contributed by atoms with Crippen LogP contribution in [0.2, 0.25) is 0 Å². The topological polar surface area (TPSA) is 92.1 Å². The quantitative estimate of drug-likeness (QED) is 0.759. The summed E-state index contributed by atoms with van der Waals surface area (Å²) < 4.78 is 1.55. The average Bonchev–Trinajstić information content (AvgIpc) is 3.00. The minimum Gasteiger partial charge on any atom is -0.394 e. The summed E-state index contributed by atoms with van der Waals surface area (Å²) in [5.74, 6) is 0. The van der Waals surface area contributed by atoms with Gasteiger partial charge in [-0.05, 0) is 6.42 Å². The molecule has 0 bridgehead atoms. The Morgan fingerprint density at radius 3 is 3.05 bits per heavy atom. The summed E-state index contributed by atoms with van der Waals surface area (Å²) in [7, 11) is 0. The fourth-order valence-corrected chi connectivity index (χ4v) is 2.55. The van der Waals surface area contributed by atoms with Crippen molar-refractivity contribution in [3.8, 4) is 0 Å². The highest BCUT2D eigenvalue weighted by Gasteiger charge is 2.07. The van der Waals surface area contributed by atoms with Crippen LogP contribution in [0.25, 0.3) is 0 Å². The number of nitrogens with zero attached hydrogens (tertiary/aromatic N) is 3. The molecule has 0 saturated heterocycles. The van der Waals surface area contributed by atoms with Crippen LogP contribution >= 0.6 is 11.3 Å². The molecule has 0 aliphatic carbocycles. The van der Waals surface area contributed by atoms with Gasteiger partial charge in [0.05, 0.1) is 25.0 Å². The van der Waals surface area contributed by atoms with E-state index in [2.05, 4.69) is 27.6 Å². The summed E-state index contributed by atoms with van der Waals surface area (Å²) in [4.78, 5) is 17.1. The van der Waals surface area contributed by atoms with Crippen LogP contribution in [0, 0.1) is 0 Å². The highest BCUT2D eigenvalue weighted by Crippen LogP contribution is 2.19.